The Balaban J connectivity index is 1.33. The molecule has 182 valence electrons. The second-order valence-corrected chi connectivity index (χ2v) is 9.23. The zero-order valence-corrected chi connectivity index (χ0v) is 19.7. The summed E-state index contributed by atoms with van der Waals surface area (Å²) in [6.45, 7) is 3.87. The Morgan fingerprint density at radius 1 is 1.15 bits per heavy atom. The van der Waals surface area contributed by atoms with E-state index in [1.807, 2.05) is 13.8 Å². The number of fused-ring (bicyclic) bond motifs is 2. The van der Waals surface area contributed by atoms with E-state index < -0.39 is 42.1 Å². The molecule has 13 heteroatoms. The number of halogens is 4. The molecule has 2 aliphatic heterocycles. The second kappa shape index (κ2) is 8.41. The van der Waals surface area contributed by atoms with E-state index >= 15 is 0 Å². The van der Waals surface area contributed by atoms with Crippen LogP contribution >= 0.6 is 15.9 Å². The van der Waals surface area contributed by atoms with Crippen LogP contribution in [0.5, 0.6) is 0 Å². The first-order chi connectivity index (χ1) is 16.0. The summed E-state index contributed by atoms with van der Waals surface area (Å²) in [4.78, 5) is 12.7. The topological polar surface area (TPSA) is 107 Å². The van der Waals surface area contributed by atoms with E-state index in [9.17, 15) is 13.2 Å². The summed E-state index contributed by atoms with van der Waals surface area (Å²) in [5.41, 5.74) is 6.75. The fourth-order valence-corrected chi connectivity index (χ4v) is 4.76. The molecule has 3 aromatic rings. The Morgan fingerprint density at radius 3 is 2.56 bits per heavy atom. The third-order valence-corrected chi connectivity index (χ3v) is 6.23. The van der Waals surface area contributed by atoms with Gasteiger partial charge in [-0.2, -0.15) is 13.2 Å². The molecule has 4 heterocycles. The van der Waals surface area contributed by atoms with Crippen LogP contribution in [0.2, 0.25) is 0 Å². The van der Waals surface area contributed by atoms with Crippen LogP contribution < -0.4 is 5.73 Å². The fourth-order valence-electron chi connectivity index (χ4n) is 4.21. The molecule has 0 saturated carbocycles. The standard InChI is InChI=1S/C21H21BrF3N5O4/c1-20(2)33-14-12(8-31-7-10-3-5-11(6-4-10)21(23,24)25)32-18(15(14)34-20)30-17-13(29-19(30)22)16(26)27-9-28-17/h3-6,9,12,14-15,18H,7-8H2,1-2H3,(H2,26,27,28)/t12-,14-,15-,18-/m1/s1. The number of hydrogen-bond donors (Lipinski definition) is 1. The van der Waals surface area contributed by atoms with Gasteiger partial charge in [0.15, 0.2) is 33.7 Å². The molecule has 2 aromatic heterocycles. The summed E-state index contributed by atoms with van der Waals surface area (Å²) in [6.07, 6.45) is -5.12. The van der Waals surface area contributed by atoms with E-state index in [2.05, 4.69) is 30.9 Å². The maximum atomic E-state index is 12.8. The molecule has 0 bridgehead atoms. The lowest BCUT2D eigenvalue weighted by Gasteiger charge is -2.25. The van der Waals surface area contributed by atoms with Gasteiger partial charge in [-0.1, -0.05) is 12.1 Å². The molecule has 0 radical (unpaired) electrons. The number of rotatable bonds is 5. The SMILES string of the molecule is CC1(C)O[C@@H]2[C@H](O1)[C@@H](COCc1ccc(C(F)(F)F)cc1)O[C@H]2n1c(Br)nc2c(N)ncnc21. The Bertz CT molecular complexity index is 1200. The van der Waals surface area contributed by atoms with Crippen molar-refractivity contribution in [2.45, 2.75) is 57.0 Å². The monoisotopic (exact) mass is 543 g/mol. The average molecular weight is 544 g/mol. The van der Waals surface area contributed by atoms with Gasteiger partial charge in [-0.05, 0) is 47.5 Å². The Labute approximate surface area is 200 Å². The molecule has 9 nitrogen and oxygen atoms in total. The third-order valence-electron chi connectivity index (χ3n) is 5.67. The lowest BCUT2D eigenvalue weighted by atomic mass is 10.1. The Kier molecular flexibility index (Phi) is 5.80. The van der Waals surface area contributed by atoms with Crippen molar-refractivity contribution in [1.29, 1.82) is 0 Å². The van der Waals surface area contributed by atoms with Gasteiger partial charge in [0, 0.05) is 0 Å². The zero-order chi connectivity index (χ0) is 24.3. The van der Waals surface area contributed by atoms with Crippen LogP contribution in [-0.2, 0) is 31.7 Å². The number of anilines is 1. The highest BCUT2D eigenvalue weighted by atomic mass is 79.9. The minimum absolute atomic E-state index is 0.117. The summed E-state index contributed by atoms with van der Waals surface area (Å²) in [6, 6.07) is 4.84. The number of nitrogens with two attached hydrogens (primary N) is 1. The van der Waals surface area contributed by atoms with E-state index in [0.29, 0.717) is 21.5 Å². The van der Waals surface area contributed by atoms with Gasteiger partial charge >= 0.3 is 6.18 Å². The molecule has 0 spiro atoms. The van der Waals surface area contributed by atoms with Gasteiger partial charge in [-0.25, -0.2) is 15.0 Å². The molecule has 2 aliphatic rings. The highest BCUT2D eigenvalue weighted by Gasteiger charge is 2.56. The Morgan fingerprint density at radius 2 is 1.85 bits per heavy atom. The summed E-state index contributed by atoms with van der Waals surface area (Å²) in [5, 5.41) is 0. The highest BCUT2D eigenvalue weighted by Crippen LogP contribution is 2.45. The van der Waals surface area contributed by atoms with Gasteiger partial charge in [0.2, 0.25) is 0 Å². The first kappa shape index (κ1) is 23.4. The molecule has 1 aromatic carbocycles. The molecule has 34 heavy (non-hydrogen) atoms. The lowest BCUT2D eigenvalue weighted by molar-refractivity contribution is -0.202. The van der Waals surface area contributed by atoms with Crippen molar-refractivity contribution in [2.24, 2.45) is 0 Å². The molecule has 4 atom stereocenters. The first-order valence-corrected chi connectivity index (χ1v) is 11.2. The van der Waals surface area contributed by atoms with Gasteiger partial charge in [0.1, 0.15) is 24.6 Å². The fraction of sp³-hybridized carbons (Fsp3) is 0.476. The van der Waals surface area contributed by atoms with Crippen molar-refractivity contribution in [3.05, 3.63) is 46.5 Å². The molecule has 2 N–H and O–H groups in total. The number of alkyl halides is 3. The van der Waals surface area contributed by atoms with Gasteiger partial charge in [0.05, 0.1) is 18.8 Å². The number of ether oxygens (including phenoxy) is 4. The number of aromatic nitrogens is 4. The summed E-state index contributed by atoms with van der Waals surface area (Å²) < 4.78 is 64.7. The minimum Gasteiger partial charge on any atom is -0.382 e. The van der Waals surface area contributed by atoms with Gasteiger partial charge in [-0.3, -0.25) is 4.57 Å². The number of imidazole rings is 1. The first-order valence-electron chi connectivity index (χ1n) is 10.4. The van der Waals surface area contributed by atoms with Crippen molar-refractivity contribution < 1.29 is 32.1 Å². The van der Waals surface area contributed by atoms with Crippen molar-refractivity contribution in [1.82, 2.24) is 19.5 Å². The molecule has 0 amide bonds. The van der Waals surface area contributed by atoms with Gasteiger partial charge in [0.25, 0.3) is 0 Å². The number of nitrogen functional groups attached to an aromatic ring is 1. The summed E-state index contributed by atoms with van der Waals surface area (Å²) >= 11 is 3.44. The van der Waals surface area contributed by atoms with Gasteiger partial charge in [-0.15, -0.1) is 0 Å². The molecular formula is C21H21BrF3N5O4. The number of hydrogen-bond acceptors (Lipinski definition) is 8. The quantitative estimate of drug-likeness (QED) is 0.484. The number of benzene rings is 1. The number of nitrogens with zero attached hydrogens (tertiary/aromatic N) is 4. The van der Waals surface area contributed by atoms with Crippen LogP contribution in [0.15, 0.2) is 35.3 Å². The molecule has 0 unspecified atom stereocenters. The van der Waals surface area contributed by atoms with Crippen molar-refractivity contribution in [2.75, 3.05) is 12.3 Å². The normalized spacial score (nSPS) is 26.3. The highest BCUT2D eigenvalue weighted by molar-refractivity contribution is 9.10. The molecular weight excluding hydrogens is 523 g/mol. The molecule has 2 fully saturated rings. The van der Waals surface area contributed by atoms with E-state index in [4.69, 9.17) is 24.7 Å². The van der Waals surface area contributed by atoms with E-state index in [-0.39, 0.29) is 19.0 Å². The molecule has 5 rings (SSSR count). The predicted molar refractivity (Wildman–Crippen MR) is 116 cm³/mol. The van der Waals surface area contributed by atoms with Crippen LogP contribution in [-0.4, -0.2) is 50.2 Å². The van der Waals surface area contributed by atoms with E-state index in [1.165, 1.54) is 18.5 Å². The van der Waals surface area contributed by atoms with E-state index in [1.54, 1.807) is 4.57 Å². The molecule has 0 aliphatic carbocycles. The van der Waals surface area contributed by atoms with Gasteiger partial charge < -0.3 is 24.7 Å². The predicted octanol–water partition coefficient (Wildman–Crippen LogP) is 3.82. The van der Waals surface area contributed by atoms with Crippen LogP contribution in [0.4, 0.5) is 19.0 Å². The second-order valence-electron chi connectivity index (χ2n) is 8.52. The molecule has 2 saturated heterocycles. The summed E-state index contributed by atoms with van der Waals surface area (Å²) in [7, 11) is 0. The van der Waals surface area contributed by atoms with Crippen molar-refractivity contribution >= 4 is 32.9 Å². The lowest BCUT2D eigenvalue weighted by Crippen LogP contribution is -2.32. The van der Waals surface area contributed by atoms with Crippen molar-refractivity contribution in [3.63, 3.8) is 0 Å². The van der Waals surface area contributed by atoms with Crippen LogP contribution in [0.3, 0.4) is 0 Å². The maximum Gasteiger partial charge on any atom is 0.416 e. The van der Waals surface area contributed by atoms with E-state index in [0.717, 1.165) is 12.1 Å². The third kappa shape index (κ3) is 4.26. The summed E-state index contributed by atoms with van der Waals surface area (Å²) in [5.74, 6) is -0.612. The van der Waals surface area contributed by atoms with Crippen LogP contribution in [0.1, 0.15) is 31.2 Å². The Hall–Kier alpha value is -2.32. The zero-order valence-electron chi connectivity index (χ0n) is 18.1. The maximum absolute atomic E-state index is 12.8. The largest absolute Gasteiger partial charge is 0.416 e. The van der Waals surface area contributed by atoms with Crippen molar-refractivity contribution in [3.8, 4) is 0 Å². The minimum atomic E-state index is -4.38. The van der Waals surface area contributed by atoms with Crippen LogP contribution in [0, 0.1) is 0 Å². The average Bonchev–Trinajstić information content (AvgIpc) is 3.37. The smallest absolute Gasteiger partial charge is 0.382 e. The van der Waals surface area contributed by atoms with Crippen LogP contribution in [0.25, 0.3) is 11.2 Å².